The molecule has 120 valence electrons. The van der Waals surface area contributed by atoms with E-state index in [-0.39, 0.29) is 16.7 Å². The lowest BCUT2D eigenvalue weighted by Crippen LogP contribution is -2.17. The van der Waals surface area contributed by atoms with Gasteiger partial charge in [-0.15, -0.1) is 0 Å². The SMILES string of the molecule is C[Si](C)(C)/C=C(\c1ccc(F)cc1)c1ncc(C(=O)O)nc1Cl. The number of halogens is 2. The number of nitrogens with zero attached hydrogens (tertiary/aromatic N) is 2. The zero-order chi connectivity index (χ0) is 17.2. The van der Waals surface area contributed by atoms with Gasteiger partial charge < -0.3 is 5.11 Å². The molecule has 0 aliphatic carbocycles. The Bertz CT molecular complexity index is 771. The number of carbonyl (C=O) groups is 1. The predicted molar refractivity (Wildman–Crippen MR) is 90.8 cm³/mol. The summed E-state index contributed by atoms with van der Waals surface area (Å²) in [7, 11) is -1.66. The lowest BCUT2D eigenvalue weighted by atomic mass is 10.0. The number of rotatable bonds is 4. The molecule has 0 saturated carbocycles. The van der Waals surface area contributed by atoms with E-state index < -0.39 is 14.0 Å². The average molecular weight is 351 g/mol. The van der Waals surface area contributed by atoms with Crippen molar-refractivity contribution in [3.05, 3.63) is 64.1 Å². The Kier molecular flexibility index (Phi) is 4.96. The Labute approximate surface area is 139 Å². The number of hydrogen-bond donors (Lipinski definition) is 1. The van der Waals surface area contributed by atoms with Crippen LogP contribution in [-0.4, -0.2) is 29.1 Å². The normalized spacial score (nSPS) is 12.3. The maximum atomic E-state index is 13.2. The van der Waals surface area contributed by atoms with E-state index in [0.717, 1.165) is 11.1 Å². The fraction of sp³-hybridized carbons (Fsp3) is 0.188. The van der Waals surface area contributed by atoms with Gasteiger partial charge in [0.05, 0.1) is 14.3 Å². The highest BCUT2D eigenvalue weighted by Crippen LogP contribution is 2.29. The van der Waals surface area contributed by atoms with Crippen LogP contribution in [0.5, 0.6) is 0 Å². The highest BCUT2D eigenvalue weighted by molar-refractivity contribution is 6.81. The molecule has 2 aromatic rings. The second kappa shape index (κ2) is 6.60. The first-order valence-corrected chi connectivity index (χ1v) is 10.9. The fourth-order valence-electron chi connectivity index (χ4n) is 2.00. The van der Waals surface area contributed by atoms with Gasteiger partial charge in [0.25, 0.3) is 0 Å². The Morgan fingerprint density at radius 2 is 1.87 bits per heavy atom. The third-order valence-electron chi connectivity index (χ3n) is 2.94. The highest BCUT2D eigenvalue weighted by Gasteiger charge is 2.19. The zero-order valence-corrected chi connectivity index (χ0v) is 14.7. The van der Waals surface area contributed by atoms with Gasteiger partial charge in [0.2, 0.25) is 0 Å². The van der Waals surface area contributed by atoms with Gasteiger partial charge in [-0.05, 0) is 17.7 Å². The molecule has 0 aliphatic heterocycles. The monoisotopic (exact) mass is 350 g/mol. The van der Waals surface area contributed by atoms with Gasteiger partial charge in [0.15, 0.2) is 10.8 Å². The summed E-state index contributed by atoms with van der Waals surface area (Å²) in [6.45, 7) is 6.43. The third-order valence-corrected chi connectivity index (χ3v) is 4.35. The molecule has 0 radical (unpaired) electrons. The van der Waals surface area contributed by atoms with Gasteiger partial charge in [0, 0.05) is 5.57 Å². The number of hydrogen-bond acceptors (Lipinski definition) is 3. The molecule has 2 rings (SSSR count). The maximum absolute atomic E-state index is 13.2. The van der Waals surface area contributed by atoms with E-state index in [0.29, 0.717) is 5.69 Å². The molecule has 7 heteroatoms. The molecule has 0 unspecified atom stereocenters. The summed E-state index contributed by atoms with van der Waals surface area (Å²) < 4.78 is 13.2. The Hall–Kier alpha value is -2.05. The molecule has 23 heavy (non-hydrogen) atoms. The molecule has 1 N–H and O–H groups in total. The summed E-state index contributed by atoms with van der Waals surface area (Å²) in [5.74, 6) is -1.53. The summed E-state index contributed by atoms with van der Waals surface area (Å²) in [5.41, 5.74) is 3.75. The van der Waals surface area contributed by atoms with Gasteiger partial charge in [0.1, 0.15) is 11.5 Å². The number of aromatic carboxylic acids is 1. The number of aromatic nitrogens is 2. The molecular formula is C16H16ClFN2O2Si. The molecule has 1 aromatic heterocycles. The van der Waals surface area contributed by atoms with Crippen LogP contribution in [0.1, 0.15) is 21.7 Å². The molecule has 0 amide bonds. The van der Waals surface area contributed by atoms with Crippen LogP contribution in [0.15, 0.2) is 36.2 Å². The molecule has 0 fully saturated rings. The fourth-order valence-corrected chi connectivity index (χ4v) is 3.41. The summed E-state index contributed by atoms with van der Waals surface area (Å²) in [6, 6.07) is 6.01. The van der Waals surface area contributed by atoms with Gasteiger partial charge in [-0.2, -0.15) is 0 Å². The molecule has 1 heterocycles. The summed E-state index contributed by atoms with van der Waals surface area (Å²) in [5, 5.41) is 8.97. The van der Waals surface area contributed by atoms with Crippen LogP contribution in [0, 0.1) is 5.82 Å². The summed E-state index contributed by atoms with van der Waals surface area (Å²) >= 11 is 6.14. The van der Waals surface area contributed by atoms with E-state index in [1.54, 1.807) is 12.1 Å². The quantitative estimate of drug-likeness (QED) is 0.836. The molecule has 1 aromatic carbocycles. The second-order valence-electron chi connectivity index (χ2n) is 6.13. The largest absolute Gasteiger partial charge is 0.476 e. The van der Waals surface area contributed by atoms with Crippen LogP contribution in [-0.2, 0) is 0 Å². The Morgan fingerprint density at radius 3 is 2.35 bits per heavy atom. The Balaban J connectivity index is 2.61. The smallest absolute Gasteiger partial charge is 0.356 e. The van der Waals surface area contributed by atoms with Crippen LogP contribution in [0.2, 0.25) is 24.8 Å². The minimum absolute atomic E-state index is 0.0127. The summed E-state index contributed by atoms with van der Waals surface area (Å²) in [6.07, 6.45) is 1.17. The topological polar surface area (TPSA) is 63.1 Å². The van der Waals surface area contributed by atoms with Gasteiger partial charge >= 0.3 is 5.97 Å². The van der Waals surface area contributed by atoms with Crippen molar-refractivity contribution in [1.29, 1.82) is 0 Å². The lowest BCUT2D eigenvalue weighted by Gasteiger charge is -2.16. The van der Waals surface area contributed by atoms with Gasteiger partial charge in [-0.3, -0.25) is 4.98 Å². The second-order valence-corrected chi connectivity index (χ2v) is 11.5. The maximum Gasteiger partial charge on any atom is 0.356 e. The molecule has 4 nitrogen and oxygen atoms in total. The van der Waals surface area contributed by atoms with Crippen molar-refractivity contribution in [2.24, 2.45) is 0 Å². The van der Waals surface area contributed by atoms with E-state index in [9.17, 15) is 9.18 Å². The van der Waals surface area contributed by atoms with Crippen molar-refractivity contribution in [1.82, 2.24) is 9.97 Å². The van der Waals surface area contributed by atoms with Crippen molar-refractivity contribution in [2.75, 3.05) is 0 Å². The van der Waals surface area contributed by atoms with Crippen molar-refractivity contribution in [3.63, 3.8) is 0 Å². The van der Waals surface area contributed by atoms with Crippen LogP contribution in [0.25, 0.3) is 5.57 Å². The lowest BCUT2D eigenvalue weighted by molar-refractivity contribution is 0.0690. The minimum atomic E-state index is -1.66. The van der Waals surface area contributed by atoms with Crippen molar-refractivity contribution in [3.8, 4) is 0 Å². The van der Waals surface area contributed by atoms with Crippen LogP contribution in [0.3, 0.4) is 0 Å². The predicted octanol–water partition coefficient (Wildman–Crippen LogP) is 4.28. The van der Waals surface area contributed by atoms with E-state index in [2.05, 4.69) is 35.3 Å². The molecular weight excluding hydrogens is 335 g/mol. The van der Waals surface area contributed by atoms with Gasteiger partial charge in [-0.25, -0.2) is 14.2 Å². The molecule has 0 atom stereocenters. The minimum Gasteiger partial charge on any atom is -0.476 e. The first kappa shape index (κ1) is 17.3. The molecule has 0 bridgehead atoms. The molecule has 0 saturated heterocycles. The summed E-state index contributed by atoms with van der Waals surface area (Å²) in [4.78, 5) is 19.0. The first-order valence-electron chi connectivity index (χ1n) is 6.92. The highest BCUT2D eigenvalue weighted by atomic mass is 35.5. The van der Waals surface area contributed by atoms with Crippen LogP contribution < -0.4 is 0 Å². The standard InChI is InChI=1S/C16H16ClFN2O2Si/c1-23(2,3)9-12(10-4-6-11(18)7-5-10)14-15(17)20-13(8-19-14)16(21)22/h4-9H,1-3H3,(H,21,22)/b12-9+. The van der Waals surface area contributed by atoms with Crippen molar-refractivity contribution < 1.29 is 14.3 Å². The number of carboxylic acids is 1. The molecule has 0 spiro atoms. The zero-order valence-electron chi connectivity index (χ0n) is 13.0. The number of benzene rings is 1. The van der Waals surface area contributed by atoms with Crippen molar-refractivity contribution in [2.45, 2.75) is 19.6 Å². The van der Waals surface area contributed by atoms with E-state index in [1.807, 2.05) is 0 Å². The van der Waals surface area contributed by atoms with E-state index >= 15 is 0 Å². The van der Waals surface area contributed by atoms with Crippen molar-refractivity contribution >= 4 is 31.2 Å². The average Bonchev–Trinajstić information content (AvgIpc) is 2.45. The van der Waals surface area contributed by atoms with Gasteiger partial charge in [-0.1, -0.05) is 49.1 Å². The van der Waals surface area contributed by atoms with Crippen LogP contribution >= 0.6 is 11.6 Å². The number of carboxylic acid groups (broad SMARTS) is 1. The van der Waals surface area contributed by atoms with Crippen LogP contribution in [0.4, 0.5) is 4.39 Å². The Morgan fingerprint density at radius 1 is 1.26 bits per heavy atom. The van der Waals surface area contributed by atoms with E-state index in [1.165, 1.54) is 18.3 Å². The first-order chi connectivity index (χ1) is 10.7. The molecule has 0 aliphatic rings. The van der Waals surface area contributed by atoms with E-state index in [4.69, 9.17) is 16.7 Å². The third kappa shape index (κ3) is 4.46.